The highest BCUT2D eigenvalue weighted by atomic mass is 16.6. The van der Waals surface area contributed by atoms with E-state index in [-0.39, 0.29) is 5.76 Å². The molecular formula is C7H9NO4. The lowest BCUT2D eigenvalue weighted by atomic mass is 10.1. The third-order valence-corrected chi connectivity index (χ3v) is 1.60. The van der Waals surface area contributed by atoms with E-state index >= 15 is 0 Å². The summed E-state index contributed by atoms with van der Waals surface area (Å²) in [7, 11) is 0. The maximum absolute atomic E-state index is 10.9. The third kappa shape index (κ3) is 1.45. The second-order valence-corrected chi connectivity index (χ2v) is 2.53. The number of nitrogens with one attached hydrogen (secondary N) is 1. The van der Waals surface area contributed by atoms with E-state index in [2.05, 4.69) is 4.74 Å². The van der Waals surface area contributed by atoms with E-state index in [1.165, 1.54) is 13.8 Å². The molecule has 1 heterocycles. The van der Waals surface area contributed by atoms with Crippen molar-refractivity contribution in [2.24, 2.45) is 0 Å². The highest BCUT2D eigenvalue weighted by Crippen LogP contribution is 2.14. The number of alkyl carbamates (subject to hydrolysis) is 1. The molecule has 1 atom stereocenters. The lowest BCUT2D eigenvalue weighted by molar-refractivity contribution is -0.116. The summed E-state index contributed by atoms with van der Waals surface area (Å²) in [5.41, 5.74) is 0.346. The molecule has 0 aromatic heterocycles. The van der Waals surface area contributed by atoms with Crippen LogP contribution in [0.2, 0.25) is 0 Å². The van der Waals surface area contributed by atoms with Crippen molar-refractivity contribution in [2.75, 3.05) is 0 Å². The summed E-state index contributed by atoms with van der Waals surface area (Å²) in [6, 6.07) is 0. The van der Waals surface area contributed by atoms with Crippen molar-refractivity contribution in [3.05, 3.63) is 11.3 Å². The Bertz CT molecular complexity index is 267. The molecule has 0 radical (unpaired) electrons. The van der Waals surface area contributed by atoms with Crippen LogP contribution in [-0.2, 0) is 9.53 Å². The van der Waals surface area contributed by atoms with Gasteiger partial charge in [-0.05, 0) is 13.8 Å². The fraction of sp³-hybridized carbons (Fsp3) is 0.429. The minimum Gasteiger partial charge on any atom is -0.404 e. The topological polar surface area (TPSA) is 75.6 Å². The molecule has 5 nitrogen and oxygen atoms in total. The molecule has 12 heavy (non-hydrogen) atoms. The molecule has 1 aliphatic heterocycles. The van der Waals surface area contributed by atoms with Gasteiger partial charge in [0, 0.05) is 5.57 Å². The van der Waals surface area contributed by atoms with Crippen LogP contribution < -0.4 is 5.32 Å². The Balaban J connectivity index is 2.95. The molecule has 0 spiro atoms. The fourth-order valence-corrected chi connectivity index (χ4v) is 0.763. The SMILES string of the molecule is C/C(=C1\OC(=O)NC1=O)C(C)O. The number of carbonyl (C=O) groups excluding carboxylic acids is 2. The van der Waals surface area contributed by atoms with Crippen LogP contribution in [0.25, 0.3) is 0 Å². The van der Waals surface area contributed by atoms with E-state index in [1.54, 1.807) is 0 Å². The van der Waals surface area contributed by atoms with E-state index in [4.69, 9.17) is 5.11 Å². The predicted octanol–water partition coefficient (Wildman–Crippen LogP) is -0.0924. The van der Waals surface area contributed by atoms with Crippen molar-refractivity contribution >= 4 is 12.0 Å². The van der Waals surface area contributed by atoms with Crippen LogP contribution in [0.3, 0.4) is 0 Å². The van der Waals surface area contributed by atoms with Crippen LogP contribution in [-0.4, -0.2) is 23.2 Å². The number of amides is 2. The molecule has 1 rings (SSSR count). The van der Waals surface area contributed by atoms with Crippen molar-refractivity contribution in [3.8, 4) is 0 Å². The van der Waals surface area contributed by atoms with Gasteiger partial charge in [0.15, 0.2) is 5.76 Å². The standard InChI is InChI=1S/C7H9NO4/c1-3(4(2)9)5-6(10)8-7(11)12-5/h4,9H,1-2H3,(H,8,10,11)/b5-3+. The zero-order chi connectivity index (χ0) is 9.30. The first-order valence-electron chi connectivity index (χ1n) is 3.44. The zero-order valence-electron chi connectivity index (χ0n) is 6.75. The summed E-state index contributed by atoms with van der Waals surface area (Å²) < 4.78 is 4.52. The summed E-state index contributed by atoms with van der Waals surface area (Å²) in [5.74, 6) is -0.701. The van der Waals surface area contributed by atoms with Gasteiger partial charge in [-0.3, -0.25) is 10.1 Å². The van der Waals surface area contributed by atoms with E-state index in [1.807, 2.05) is 5.32 Å². The number of aliphatic hydroxyl groups excluding tert-OH is 1. The van der Waals surface area contributed by atoms with Crippen molar-refractivity contribution in [1.29, 1.82) is 0 Å². The highest BCUT2D eigenvalue weighted by molar-refractivity contribution is 6.07. The van der Waals surface area contributed by atoms with Crippen molar-refractivity contribution in [2.45, 2.75) is 20.0 Å². The Kier molecular flexibility index (Phi) is 2.14. The number of carbonyl (C=O) groups is 2. The molecule has 5 heteroatoms. The largest absolute Gasteiger partial charge is 0.419 e. The second-order valence-electron chi connectivity index (χ2n) is 2.53. The predicted molar refractivity (Wildman–Crippen MR) is 39.0 cm³/mol. The average Bonchev–Trinajstić information content (AvgIpc) is 2.28. The zero-order valence-corrected chi connectivity index (χ0v) is 6.75. The molecule has 2 amide bonds. The summed E-state index contributed by atoms with van der Waals surface area (Å²) in [4.78, 5) is 21.4. The van der Waals surface area contributed by atoms with E-state index < -0.39 is 18.1 Å². The molecule has 0 aliphatic carbocycles. The van der Waals surface area contributed by atoms with Crippen LogP contribution in [0.1, 0.15) is 13.8 Å². The first kappa shape index (κ1) is 8.73. The Hall–Kier alpha value is -1.36. The van der Waals surface area contributed by atoms with Gasteiger partial charge in [0.2, 0.25) is 0 Å². The van der Waals surface area contributed by atoms with E-state index in [0.29, 0.717) is 5.57 Å². The number of rotatable bonds is 1. The van der Waals surface area contributed by atoms with Crippen molar-refractivity contribution in [3.63, 3.8) is 0 Å². The quantitative estimate of drug-likeness (QED) is 0.540. The smallest absolute Gasteiger partial charge is 0.404 e. The molecule has 1 fully saturated rings. The van der Waals surface area contributed by atoms with Gasteiger partial charge in [0.1, 0.15) is 0 Å². The molecule has 1 unspecified atom stereocenters. The first-order chi connectivity index (χ1) is 5.52. The lowest BCUT2D eigenvalue weighted by Gasteiger charge is -2.04. The number of hydrogen-bond acceptors (Lipinski definition) is 4. The molecule has 2 N–H and O–H groups in total. The Morgan fingerprint density at radius 3 is 2.50 bits per heavy atom. The molecule has 1 saturated heterocycles. The average molecular weight is 171 g/mol. The maximum atomic E-state index is 10.9. The Labute approximate surface area is 69.0 Å². The fourth-order valence-electron chi connectivity index (χ4n) is 0.763. The molecule has 1 aliphatic rings. The van der Waals surface area contributed by atoms with Gasteiger partial charge in [-0.2, -0.15) is 0 Å². The summed E-state index contributed by atoms with van der Waals surface area (Å²) >= 11 is 0. The Morgan fingerprint density at radius 1 is 1.58 bits per heavy atom. The van der Waals surface area contributed by atoms with Crippen LogP contribution >= 0.6 is 0 Å². The van der Waals surface area contributed by atoms with Gasteiger partial charge < -0.3 is 9.84 Å². The monoisotopic (exact) mass is 171 g/mol. The normalized spacial score (nSPS) is 23.2. The lowest BCUT2D eigenvalue weighted by Crippen LogP contribution is -2.19. The second kappa shape index (κ2) is 2.94. The van der Waals surface area contributed by atoms with Crippen LogP contribution in [0.5, 0.6) is 0 Å². The molecule has 0 aromatic carbocycles. The van der Waals surface area contributed by atoms with E-state index in [0.717, 1.165) is 0 Å². The summed E-state index contributed by atoms with van der Waals surface area (Å²) in [6.45, 7) is 3.01. The van der Waals surface area contributed by atoms with Crippen LogP contribution in [0.15, 0.2) is 11.3 Å². The number of cyclic esters (lactones) is 1. The minimum atomic E-state index is -0.796. The van der Waals surface area contributed by atoms with Gasteiger partial charge >= 0.3 is 6.09 Å². The molecular weight excluding hydrogens is 162 g/mol. The van der Waals surface area contributed by atoms with Crippen molar-refractivity contribution < 1.29 is 19.4 Å². The molecule has 0 saturated carbocycles. The van der Waals surface area contributed by atoms with Gasteiger partial charge in [0.05, 0.1) is 6.10 Å². The van der Waals surface area contributed by atoms with Gasteiger partial charge in [-0.25, -0.2) is 4.79 Å². The number of imide groups is 1. The van der Waals surface area contributed by atoms with Gasteiger partial charge in [0.25, 0.3) is 5.91 Å². The van der Waals surface area contributed by atoms with Gasteiger partial charge in [-0.1, -0.05) is 0 Å². The number of ether oxygens (including phenoxy) is 1. The third-order valence-electron chi connectivity index (χ3n) is 1.60. The maximum Gasteiger partial charge on any atom is 0.419 e. The highest BCUT2D eigenvalue weighted by Gasteiger charge is 2.29. The van der Waals surface area contributed by atoms with Crippen LogP contribution in [0.4, 0.5) is 4.79 Å². The molecule has 66 valence electrons. The summed E-state index contributed by atoms with van der Waals surface area (Å²) in [6.07, 6.45) is -1.59. The van der Waals surface area contributed by atoms with E-state index in [9.17, 15) is 9.59 Å². The van der Waals surface area contributed by atoms with Gasteiger partial charge in [-0.15, -0.1) is 0 Å². The molecule has 0 bridgehead atoms. The van der Waals surface area contributed by atoms with Crippen molar-refractivity contribution in [1.82, 2.24) is 5.32 Å². The van der Waals surface area contributed by atoms with Crippen LogP contribution in [0, 0.1) is 0 Å². The number of aliphatic hydroxyl groups is 1. The molecule has 0 aromatic rings. The number of hydrogen-bond donors (Lipinski definition) is 2. The minimum absolute atomic E-state index is 0.102. The Morgan fingerprint density at radius 2 is 2.17 bits per heavy atom. The summed E-state index contributed by atoms with van der Waals surface area (Å²) in [5, 5.41) is 11.0. The first-order valence-corrected chi connectivity index (χ1v) is 3.44.